The van der Waals surface area contributed by atoms with Crippen LogP contribution in [-0.4, -0.2) is 28.6 Å². The summed E-state index contributed by atoms with van der Waals surface area (Å²) in [6, 6.07) is 4.08. The highest BCUT2D eigenvalue weighted by Gasteiger charge is 2.26. The van der Waals surface area contributed by atoms with E-state index >= 15 is 0 Å². The van der Waals surface area contributed by atoms with Crippen molar-refractivity contribution in [3.63, 3.8) is 0 Å². The monoisotopic (exact) mass is 332 g/mol. The zero-order valence-electron chi connectivity index (χ0n) is 12.8. The van der Waals surface area contributed by atoms with Crippen molar-refractivity contribution in [2.24, 2.45) is 0 Å². The van der Waals surface area contributed by atoms with Crippen LogP contribution in [0.15, 0.2) is 18.2 Å². The van der Waals surface area contributed by atoms with E-state index in [9.17, 15) is 14.7 Å². The van der Waals surface area contributed by atoms with Crippen molar-refractivity contribution in [2.75, 3.05) is 6.61 Å². The molecule has 0 spiro atoms. The molecule has 3 rings (SSSR count). The molecule has 2 N–H and O–H groups in total. The molecule has 23 heavy (non-hydrogen) atoms. The molecule has 0 fully saturated rings. The number of amides is 1. The van der Waals surface area contributed by atoms with Crippen LogP contribution in [0.1, 0.15) is 37.5 Å². The van der Waals surface area contributed by atoms with E-state index in [1.807, 2.05) is 6.92 Å². The third-order valence-corrected chi connectivity index (χ3v) is 4.57. The minimum absolute atomic E-state index is 0.281. The summed E-state index contributed by atoms with van der Waals surface area (Å²) < 4.78 is 5.42. The normalized spacial score (nSPS) is 14.0. The topological polar surface area (TPSA) is 88.5 Å². The fraction of sp³-hybridized carbons (Fsp3) is 0.312. The number of carboxylic acid groups (broad SMARTS) is 1. The molecule has 1 aromatic carbocycles. The summed E-state index contributed by atoms with van der Waals surface area (Å²) in [5.41, 5.74) is 1.77. The lowest BCUT2D eigenvalue weighted by Crippen LogP contribution is -2.34. The molecule has 1 atom stereocenters. The predicted octanol–water partition coefficient (Wildman–Crippen LogP) is 2.25. The third kappa shape index (κ3) is 3.05. The molecule has 2 aromatic rings. The number of carbonyl (C=O) groups is 2. The zero-order chi connectivity index (χ0) is 16.6. The molecule has 1 aliphatic rings. The first-order valence-electron chi connectivity index (χ1n) is 7.19. The predicted molar refractivity (Wildman–Crippen MR) is 85.1 cm³/mol. The molecular weight excluding hydrogens is 316 g/mol. The molecule has 0 saturated carbocycles. The lowest BCUT2D eigenvalue weighted by atomic mass is 10.0. The second-order valence-corrected chi connectivity index (χ2v) is 6.76. The van der Waals surface area contributed by atoms with Crippen molar-refractivity contribution < 1.29 is 19.4 Å². The lowest BCUT2D eigenvalue weighted by molar-refractivity contribution is -0.139. The van der Waals surface area contributed by atoms with Gasteiger partial charge in [0.25, 0.3) is 5.91 Å². The van der Waals surface area contributed by atoms with Crippen LogP contribution in [0.3, 0.4) is 0 Å². The smallest absolute Gasteiger partial charge is 0.330 e. The Bertz CT molecular complexity index is 784. The van der Waals surface area contributed by atoms with E-state index in [2.05, 4.69) is 10.3 Å². The number of aryl methyl sites for hydroxylation is 2. The van der Waals surface area contributed by atoms with E-state index in [0.717, 1.165) is 27.6 Å². The highest BCUT2D eigenvalue weighted by atomic mass is 32.1. The fourth-order valence-electron chi connectivity index (χ4n) is 2.61. The molecule has 0 saturated heterocycles. The molecule has 1 aliphatic heterocycles. The maximum Gasteiger partial charge on any atom is 0.330 e. The number of hydrogen-bond acceptors (Lipinski definition) is 5. The second-order valence-electron chi connectivity index (χ2n) is 5.35. The molecule has 1 unspecified atom stereocenters. The second kappa shape index (κ2) is 6.00. The molecule has 0 bridgehead atoms. The Morgan fingerprint density at radius 3 is 2.83 bits per heavy atom. The zero-order valence-corrected chi connectivity index (χ0v) is 13.6. The number of carboxylic acids is 1. The summed E-state index contributed by atoms with van der Waals surface area (Å²) >= 11 is 1.41. The van der Waals surface area contributed by atoms with Crippen LogP contribution in [0.25, 0.3) is 0 Å². The van der Waals surface area contributed by atoms with Gasteiger partial charge in [-0.25, -0.2) is 9.78 Å². The van der Waals surface area contributed by atoms with Gasteiger partial charge in [-0.3, -0.25) is 4.79 Å². The first-order chi connectivity index (χ1) is 11.0. The maximum absolute atomic E-state index is 12.3. The van der Waals surface area contributed by atoms with E-state index in [4.69, 9.17) is 4.74 Å². The van der Waals surface area contributed by atoms with Crippen LogP contribution in [-0.2, 0) is 11.2 Å². The van der Waals surface area contributed by atoms with Crippen LogP contribution in [0.4, 0.5) is 0 Å². The van der Waals surface area contributed by atoms with Crippen molar-refractivity contribution in [1.82, 2.24) is 10.3 Å². The summed E-state index contributed by atoms with van der Waals surface area (Å²) in [6.45, 7) is 4.20. The van der Waals surface area contributed by atoms with Crippen LogP contribution in [0, 0.1) is 13.8 Å². The molecule has 2 heterocycles. The Hall–Kier alpha value is -2.41. The number of rotatable bonds is 4. The number of aromatic nitrogens is 1. The van der Waals surface area contributed by atoms with E-state index in [1.165, 1.54) is 11.3 Å². The molecule has 0 radical (unpaired) electrons. The molecule has 1 amide bonds. The van der Waals surface area contributed by atoms with E-state index in [-0.39, 0.29) is 5.69 Å². The molecule has 1 aromatic heterocycles. The van der Waals surface area contributed by atoms with Gasteiger partial charge < -0.3 is 15.2 Å². The summed E-state index contributed by atoms with van der Waals surface area (Å²) in [4.78, 5) is 28.9. The number of hydrogen-bond donors (Lipinski definition) is 2. The first-order valence-corrected chi connectivity index (χ1v) is 8.00. The van der Waals surface area contributed by atoms with Crippen LogP contribution >= 0.6 is 11.3 Å². The van der Waals surface area contributed by atoms with Gasteiger partial charge in [0, 0.05) is 11.3 Å². The minimum atomic E-state index is -1.12. The summed E-state index contributed by atoms with van der Waals surface area (Å²) in [7, 11) is 0. The maximum atomic E-state index is 12.3. The summed E-state index contributed by atoms with van der Waals surface area (Å²) in [5.74, 6) is -0.812. The van der Waals surface area contributed by atoms with E-state index < -0.39 is 17.9 Å². The number of thiazole rings is 1. The first kappa shape index (κ1) is 15.5. The standard InChI is InChI=1S/C16H16N2O4S/c1-8-13(17-9(2)23-8)15(19)18-14(16(20)21)11-3-4-12-10(7-11)5-6-22-12/h3-4,7,14H,5-6H2,1-2H3,(H,18,19)(H,20,21). The van der Waals surface area contributed by atoms with Crippen molar-refractivity contribution in [3.8, 4) is 5.75 Å². The molecule has 120 valence electrons. The largest absolute Gasteiger partial charge is 0.493 e. The van der Waals surface area contributed by atoms with Gasteiger partial charge in [-0.15, -0.1) is 11.3 Å². The van der Waals surface area contributed by atoms with Crippen molar-refractivity contribution in [3.05, 3.63) is 44.9 Å². The minimum Gasteiger partial charge on any atom is -0.493 e. The molecule has 0 aliphatic carbocycles. The van der Waals surface area contributed by atoms with Gasteiger partial charge >= 0.3 is 5.97 Å². The molecular formula is C16H16N2O4S. The van der Waals surface area contributed by atoms with E-state index in [1.54, 1.807) is 25.1 Å². The molecule has 6 nitrogen and oxygen atoms in total. The van der Waals surface area contributed by atoms with Gasteiger partial charge in [-0.05, 0) is 37.1 Å². The average molecular weight is 332 g/mol. The number of nitrogens with zero attached hydrogens (tertiary/aromatic N) is 1. The van der Waals surface area contributed by atoms with Crippen LogP contribution in [0.5, 0.6) is 5.75 Å². The number of fused-ring (bicyclic) bond motifs is 1. The number of carbonyl (C=O) groups excluding carboxylic acids is 1. The van der Waals surface area contributed by atoms with Gasteiger partial charge in [0.05, 0.1) is 11.6 Å². The van der Waals surface area contributed by atoms with Crippen molar-refractivity contribution >= 4 is 23.2 Å². The number of nitrogens with one attached hydrogen (secondary N) is 1. The number of ether oxygens (including phenoxy) is 1. The highest BCUT2D eigenvalue weighted by Crippen LogP contribution is 2.28. The number of benzene rings is 1. The fourth-order valence-corrected chi connectivity index (χ4v) is 3.43. The lowest BCUT2D eigenvalue weighted by Gasteiger charge is -2.15. The molecule has 7 heteroatoms. The third-order valence-electron chi connectivity index (χ3n) is 3.69. The van der Waals surface area contributed by atoms with Crippen molar-refractivity contribution in [1.29, 1.82) is 0 Å². The summed E-state index contributed by atoms with van der Waals surface area (Å²) in [5, 5.41) is 12.8. The van der Waals surface area contributed by atoms with Gasteiger partial charge in [0.1, 0.15) is 11.4 Å². The van der Waals surface area contributed by atoms with Gasteiger partial charge in [-0.2, -0.15) is 0 Å². The SMILES string of the molecule is Cc1nc(C(=O)NC(C(=O)O)c2ccc3c(c2)CCO3)c(C)s1. The van der Waals surface area contributed by atoms with Crippen LogP contribution < -0.4 is 10.1 Å². The van der Waals surface area contributed by atoms with Crippen molar-refractivity contribution in [2.45, 2.75) is 26.3 Å². The highest BCUT2D eigenvalue weighted by molar-refractivity contribution is 7.11. The Labute approximate surface area is 137 Å². The summed E-state index contributed by atoms with van der Waals surface area (Å²) in [6.07, 6.45) is 0.744. The number of aliphatic carboxylic acids is 1. The van der Waals surface area contributed by atoms with Crippen LogP contribution in [0.2, 0.25) is 0 Å². The quantitative estimate of drug-likeness (QED) is 0.896. The Kier molecular flexibility index (Phi) is 4.04. The van der Waals surface area contributed by atoms with Gasteiger partial charge in [-0.1, -0.05) is 6.07 Å². The Morgan fingerprint density at radius 2 is 2.17 bits per heavy atom. The Morgan fingerprint density at radius 1 is 1.39 bits per heavy atom. The van der Waals surface area contributed by atoms with E-state index in [0.29, 0.717) is 12.2 Å². The average Bonchev–Trinajstić information content (AvgIpc) is 3.09. The Balaban J connectivity index is 1.86. The van der Waals surface area contributed by atoms with Gasteiger partial charge in [0.2, 0.25) is 0 Å². The van der Waals surface area contributed by atoms with Gasteiger partial charge in [0.15, 0.2) is 6.04 Å².